The van der Waals surface area contributed by atoms with E-state index in [2.05, 4.69) is 24.0 Å². The van der Waals surface area contributed by atoms with Gasteiger partial charge >= 0.3 is 0 Å². The predicted molar refractivity (Wildman–Crippen MR) is 63.0 cm³/mol. The third-order valence-corrected chi connectivity index (χ3v) is 4.00. The summed E-state index contributed by atoms with van der Waals surface area (Å²) in [4.78, 5) is 0. The number of rotatable bonds is 5. The Morgan fingerprint density at radius 3 is 2.35 bits per heavy atom. The van der Waals surface area contributed by atoms with Gasteiger partial charge in [0.1, 0.15) is 5.82 Å². The molecule has 96 valence electrons. The molecule has 0 aromatic carbocycles. The molecular weight excluding hydrogens is 240 g/mol. The van der Waals surface area contributed by atoms with E-state index < -0.39 is 10.0 Å². The summed E-state index contributed by atoms with van der Waals surface area (Å²) in [5, 5.41) is 12.9. The zero-order chi connectivity index (χ0) is 12.6. The maximum Gasteiger partial charge on any atom is 0.273 e. The summed E-state index contributed by atoms with van der Waals surface area (Å²) in [5.41, 5.74) is 0. The maximum atomic E-state index is 11.5. The maximum absolute atomic E-state index is 11.5. The molecule has 1 saturated carbocycles. The Morgan fingerprint density at radius 1 is 1.35 bits per heavy atom. The van der Waals surface area contributed by atoms with Gasteiger partial charge in [0.2, 0.25) is 0 Å². The molecule has 6 nitrogen and oxygen atoms in total. The smallest absolute Gasteiger partial charge is 0.273 e. The number of hydrogen-bond acceptors (Lipinski definition) is 4. The zero-order valence-corrected chi connectivity index (χ0v) is 10.9. The molecule has 0 aliphatic heterocycles. The van der Waals surface area contributed by atoms with Crippen LogP contribution in [0, 0.1) is 0 Å². The number of aromatic nitrogens is 3. The third kappa shape index (κ3) is 2.35. The summed E-state index contributed by atoms with van der Waals surface area (Å²) >= 11 is 0. The summed E-state index contributed by atoms with van der Waals surface area (Å²) in [6, 6.07) is 0.217. The molecule has 0 bridgehead atoms. The van der Waals surface area contributed by atoms with Crippen LogP contribution in [0.3, 0.4) is 0 Å². The van der Waals surface area contributed by atoms with E-state index >= 15 is 0 Å². The largest absolute Gasteiger partial charge is 0.297 e. The highest BCUT2D eigenvalue weighted by molar-refractivity contribution is 7.89. The standard InChI is InChI=1S/C10H18N4O2S/c1-3-7(4-2)9-12-13-10(17(11,15)16)14(9)8-5-6-8/h7-8H,3-6H2,1-2H3,(H2,11,15,16). The first-order valence-corrected chi connectivity index (χ1v) is 7.51. The van der Waals surface area contributed by atoms with Crippen molar-refractivity contribution in [2.75, 3.05) is 0 Å². The SMILES string of the molecule is CCC(CC)c1nnc(S(N)(=O)=O)n1C1CC1. The van der Waals surface area contributed by atoms with Crippen LogP contribution in [0.4, 0.5) is 0 Å². The van der Waals surface area contributed by atoms with Gasteiger partial charge in [0.25, 0.3) is 15.2 Å². The van der Waals surface area contributed by atoms with Crippen molar-refractivity contribution in [3.63, 3.8) is 0 Å². The van der Waals surface area contributed by atoms with Crippen LogP contribution in [0.25, 0.3) is 0 Å². The number of primary sulfonamides is 1. The van der Waals surface area contributed by atoms with Crippen molar-refractivity contribution >= 4 is 10.0 Å². The van der Waals surface area contributed by atoms with Crippen LogP contribution in [0.15, 0.2) is 5.16 Å². The quantitative estimate of drug-likeness (QED) is 0.858. The monoisotopic (exact) mass is 258 g/mol. The Kier molecular flexibility index (Phi) is 3.22. The van der Waals surface area contributed by atoms with Gasteiger partial charge in [0.15, 0.2) is 0 Å². The van der Waals surface area contributed by atoms with Crippen molar-refractivity contribution in [1.82, 2.24) is 14.8 Å². The fourth-order valence-corrected chi connectivity index (χ4v) is 2.76. The topological polar surface area (TPSA) is 90.9 Å². The Bertz CT molecular complexity index is 500. The highest BCUT2D eigenvalue weighted by atomic mass is 32.2. The lowest BCUT2D eigenvalue weighted by atomic mass is 10.0. The molecular formula is C10H18N4O2S. The van der Waals surface area contributed by atoms with E-state index in [4.69, 9.17) is 5.14 Å². The van der Waals surface area contributed by atoms with Gasteiger partial charge in [-0.3, -0.25) is 4.57 Å². The van der Waals surface area contributed by atoms with Crippen molar-refractivity contribution in [1.29, 1.82) is 0 Å². The molecule has 1 aromatic heterocycles. The first-order valence-electron chi connectivity index (χ1n) is 5.96. The molecule has 1 fully saturated rings. The van der Waals surface area contributed by atoms with Crippen LogP contribution in [0.5, 0.6) is 0 Å². The van der Waals surface area contributed by atoms with Crippen molar-refractivity contribution in [2.24, 2.45) is 5.14 Å². The average Bonchev–Trinajstić information content (AvgIpc) is 2.99. The summed E-state index contributed by atoms with van der Waals surface area (Å²) in [6.45, 7) is 4.13. The van der Waals surface area contributed by atoms with Gasteiger partial charge in [-0.1, -0.05) is 13.8 Å². The van der Waals surface area contributed by atoms with Crippen molar-refractivity contribution in [3.05, 3.63) is 5.82 Å². The van der Waals surface area contributed by atoms with Crippen molar-refractivity contribution < 1.29 is 8.42 Å². The summed E-state index contributed by atoms with van der Waals surface area (Å²) in [6.07, 6.45) is 3.80. The van der Waals surface area contributed by atoms with Crippen LogP contribution >= 0.6 is 0 Å². The molecule has 0 saturated heterocycles. The van der Waals surface area contributed by atoms with Gasteiger partial charge in [-0.25, -0.2) is 13.6 Å². The number of hydrogen-bond donors (Lipinski definition) is 1. The fourth-order valence-electron chi connectivity index (χ4n) is 2.09. The minimum Gasteiger partial charge on any atom is -0.297 e. The third-order valence-electron chi connectivity index (χ3n) is 3.21. The lowest BCUT2D eigenvalue weighted by Gasteiger charge is -2.14. The van der Waals surface area contributed by atoms with Crippen LogP contribution in [-0.4, -0.2) is 23.2 Å². The molecule has 7 heteroatoms. The highest BCUT2D eigenvalue weighted by Gasteiger charge is 2.34. The van der Waals surface area contributed by atoms with Crippen molar-refractivity contribution in [3.8, 4) is 0 Å². The van der Waals surface area contributed by atoms with E-state index in [0.29, 0.717) is 0 Å². The molecule has 0 radical (unpaired) electrons. The predicted octanol–water partition coefficient (Wildman–Crippen LogP) is 1.16. The zero-order valence-electron chi connectivity index (χ0n) is 10.1. The summed E-state index contributed by atoms with van der Waals surface area (Å²) < 4.78 is 24.6. The molecule has 17 heavy (non-hydrogen) atoms. The van der Waals surface area contributed by atoms with E-state index in [1.165, 1.54) is 0 Å². The van der Waals surface area contributed by atoms with E-state index in [-0.39, 0.29) is 17.1 Å². The molecule has 0 amide bonds. The van der Waals surface area contributed by atoms with E-state index in [9.17, 15) is 8.42 Å². The highest BCUT2D eigenvalue weighted by Crippen LogP contribution is 2.39. The molecule has 1 aliphatic carbocycles. The minimum atomic E-state index is -3.78. The Balaban J connectivity index is 2.50. The van der Waals surface area contributed by atoms with E-state index in [1.807, 2.05) is 0 Å². The van der Waals surface area contributed by atoms with Gasteiger partial charge < -0.3 is 0 Å². The van der Waals surface area contributed by atoms with Crippen molar-refractivity contribution in [2.45, 2.75) is 56.6 Å². The normalized spacial score (nSPS) is 16.7. The van der Waals surface area contributed by atoms with E-state index in [1.54, 1.807) is 4.57 Å². The van der Waals surface area contributed by atoms with Gasteiger partial charge in [0, 0.05) is 12.0 Å². The lowest BCUT2D eigenvalue weighted by Crippen LogP contribution is -2.19. The second kappa shape index (κ2) is 4.38. The molecule has 2 N–H and O–H groups in total. The Labute approximate surface area is 101 Å². The first kappa shape index (κ1) is 12.5. The molecule has 2 rings (SSSR count). The van der Waals surface area contributed by atoms with Crippen LogP contribution < -0.4 is 5.14 Å². The number of sulfonamides is 1. The molecule has 1 heterocycles. The molecule has 0 atom stereocenters. The van der Waals surface area contributed by atoms with Crippen LogP contribution in [0.2, 0.25) is 0 Å². The van der Waals surface area contributed by atoms with Crippen LogP contribution in [0.1, 0.15) is 57.3 Å². The Morgan fingerprint density at radius 2 is 1.94 bits per heavy atom. The average molecular weight is 258 g/mol. The molecule has 1 aromatic rings. The van der Waals surface area contributed by atoms with E-state index in [0.717, 1.165) is 31.5 Å². The molecule has 0 unspecified atom stereocenters. The van der Waals surface area contributed by atoms with Crippen LogP contribution in [-0.2, 0) is 10.0 Å². The second-order valence-electron chi connectivity index (χ2n) is 4.50. The Hall–Kier alpha value is -0.950. The minimum absolute atomic E-state index is 0.0816. The fraction of sp³-hybridized carbons (Fsp3) is 0.800. The summed E-state index contributed by atoms with van der Waals surface area (Å²) in [7, 11) is -3.78. The number of nitrogens with zero attached hydrogens (tertiary/aromatic N) is 3. The summed E-state index contributed by atoms with van der Waals surface area (Å²) in [5.74, 6) is 1.01. The van der Waals surface area contributed by atoms with Gasteiger partial charge in [0.05, 0.1) is 0 Å². The lowest BCUT2D eigenvalue weighted by molar-refractivity contribution is 0.521. The molecule has 0 spiro atoms. The second-order valence-corrected chi connectivity index (χ2v) is 5.96. The van der Waals surface area contributed by atoms with Gasteiger partial charge in [-0.2, -0.15) is 0 Å². The molecule has 1 aliphatic rings. The van der Waals surface area contributed by atoms with Gasteiger partial charge in [-0.05, 0) is 25.7 Å². The first-order chi connectivity index (χ1) is 7.99. The van der Waals surface area contributed by atoms with Gasteiger partial charge in [-0.15, -0.1) is 10.2 Å². The number of nitrogens with two attached hydrogens (primary N) is 1.